The third-order valence-corrected chi connectivity index (χ3v) is 7.18. The zero-order valence-corrected chi connectivity index (χ0v) is 20.6. The van der Waals surface area contributed by atoms with Gasteiger partial charge < -0.3 is 33.2 Å². The Labute approximate surface area is 193 Å². The van der Waals surface area contributed by atoms with Crippen LogP contribution in [-0.2, 0) is 6.54 Å². The van der Waals surface area contributed by atoms with Crippen LogP contribution in [0.2, 0.25) is 0 Å². The fourth-order valence-corrected chi connectivity index (χ4v) is 5.37. The minimum atomic E-state index is 0. The summed E-state index contributed by atoms with van der Waals surface area (Å²) >= 11 is 0. The van der Waals surface area contributed by atoms with Crippen LogP contribution >= 0.6 is 0 Å². The van der Waals surface area contributed by atoms with E-state index in [1.807, 2.05) is 12.1 Å². The summed E-state index contributed by atoms with van der Waals surface area (Å²) in [6.45, 7) is 7.15. The summed E-state index contributed by atoms with van der Waals surface area (Å²) in [6.07, 6.45) is 5.24. The lowest BCUT2D eigenvalue weighted by Crippen LogP contribution is -3.00. The summed E-state index contributed by atoms with van der Waals surface area (Å²) in [6, 6.07) is 17.2. The van der Waals surface area contributed by atoms with E-state index in [4.69, 9.17) is 4.74 Å². The van der Waals surface area contributed by atoms with E-state index in [0.29, 0.717) is 5.41 Å². The Morgan fingerprint density at radius 1 is 1.00 bits per heavy atom. The molecule has 1 fully saturated rings. The van der Waals surface area contributed by atoms with Crippen molar-refractivity contribution >= 4 is 0 Å². The van der Waals surface area contributed by atoms with Gasteiger partial charge in [-0.05, 0) is 47.3 Å². The SMILES string of the molecule is COc1ccccc1-c1ccc(C[N+](C)(C)CC2=CC[C@H]3C[C@@H]2C3(C)C)cc1.[I-]. The quantitative estimate of drug-likeness (QED) is 0.335. The summed E-state index contributed by atoms with van der Waals surface area (Å²) < 4.78 is 6.53. The number of nitrogens with zero attached hydrogens (tertiary/aromatic N) is 1. The van der Waals surface area contributed by atoms with Gasteiger partial charge in [0, 0.05) is 11.1 Å². The molecule has 2 bridgehead atoms. The van der Waals surface area contributed by atoms with Crippen LogP contribution in [0.25, 0.3) is 11.1 Å². The highest BCUT2D eigenvalue weighted by molar-refractivity contribution is 5.70. The van der Waals surface area contributed by atoms with E-state index in [1.165, 1.54) is 24.0 Å². The van der Waals surface area contributed by atoms with E-state index in [-0.39, 0.29) is 24.0 Å². The maximum atomic E-state index is 5.52. The lowest BCUT2D eigenvalue weighted by Gasteiger charge is -2.57. The molecule has 0 amide bonds. The number of likely N-dealkylation sites (N-methyl/N-ethyl adjacent to an activating group) is 1. The van der Waals surface area contributed by atoms with Crippen LogP contribution < -0.4 is 28.7 Å². The van der Waals surface area contributed by atoms with Gasteiger partial charge in [-0.25, -0.2) is 0 Å². The number of allylic oxidation sites excluding steroid dienone is 1. The largest absolute Gasteiger partial charge is 1.00 e. The first-order valence-corrected chi connectivity index (χ1v) is 10.5. The molecule has 1 saturated carbocycles. The van der Waals surface area contributed by atoms with E-state index >= 15 is 0 Å². The van der Waals surface area contributed by atoms with Crippen molar-refractivity contribution in [1.29, 1.82) is 0 Å². The molecule has 0 heterocycles. The number of fused-ring (bicyclic) bond motifs is 1. The summed E-state index contributed by atoms with van der Waals surface area (Å²) in [5.74, 6) is 2.65. The number of ether oxygens (including phenoxy) is 1. The van der Waals surface area contributed by atoms with Gasteiger partial charge in [-0.3, -0.25) is 0 Å². The Morgan fingerprint density at radius 2 is 1.69 bits per heavy atom. The average Bonchev–Trinajstić information content (AvgIpc) is 2.67. The van der Waals surface area contributed by atoms with Gasteiger partial charge in [-0.1, -0.05) is 62.4 Å². The van der Waals surface area contributed by atoms with Gasteiger partial charge in [0.1, 0.15) is 18.8 Å². The molecule has 0 spiro atoms. The van der Waals surface area contributed by atoms with Crippen LogP contribution in [0.15, 0.2) is 60.2 Å². The van der Waals surface area contributed by atoms with E-state index in [0.717, 1.165) is 40.7 Å². The summed E-state index contributed by atoms with van der Waals surface area (Å²) in [5, 5.41) is 0. The van der Waals surface area contributed by atoms with Crippen LogP contribution in [-0.4, -0.2) is 32.2 Å². The molecule has 0 aliphatic heterocycles. The Hall–Kier alpha value is -1.33. The van der Waals surface area contributed by atoms with E-state index in [2.05, 4.69) is 70.4 Å². The highest BCUT2D eigenvalue weighted by Gasteiger charge is 2.52. The molecule has 0 saturated heterocycles. The summed E-state index contributed by atoms with van der Waals surface area (Å²) in [7, 11) is 6.47. The fraction of sp³-hybridized carbons (Fsp3) is 0.462. The molecule has 0 unspecified atom stereocenters. The van der Waals surface area contributed by atoms with Crippen molar-refractivity contribution in [2.45, 2.75) is 33.2 Å². The van der Waals surface area contributed by atoms with E-state index in [9.17, 15) is 0 Å². The first kappa shape index (κ1) is 22.4. The van der Waals surface area contributed by atoms with Gasteiger partial charge in [0.15, 0.2) is 0 Å². The second-order valence-corrected chi connectivity index (χ2v) is 9.97. The first-order valence-electron chi connectivity index (χ1n) is 10.5. The van der Waals surface area contributed by atoms with Crippen LogP contribution in [0.4, 0.5) is 0 Å². The number of methoxy groups -OCH3 is 1. The molecule has 29 heavy (non-hydrogen) atoms. The summed E-state index contributed by atoms with van der Waals surface area (Å²) in [5.41, 5.74) is 5.97. The molecule has 0 radical (unpaired) electrons. The Kier molecular flexibility index (Phi) is 6.50. The topological polar surface area (TPSA) is 9.23 Å². The van der Waals surface area contributed by atoms with Gasteiger partial charge in [0.2, 0.25) is 0 Å². The number of hydrogen-bond acceptors (Lipinski definition) is 1. The number of quaternary nitrogens is 1. The average molecular weight is 503 g/mol. The van der Waals surface area contributed by atoms with Crippen molar-refractivity contribution < 1.29 is 33.2 Å². The van der Waals surface area contributed by atoms with E-state index < -0.39 is 0 Å². The lowest BCUT2D eigenvalue weighted by molar-refractivity contribution is -0.899. The van der Waals surface area contributed by atoms with Gasteiger partial charge in [-0.2, -0.15) is 0 Å². The lowest BCUT2D eigenvalue weighted by atomic mass is 9.49. The van der Waals surface area contributed by atoms with Gasteiger partial charge >= 0.3 is 0 Å². The number of para-hydroxylation sites is 1. The minimum absolute atomic E-state index is 0. The Bertz CT molecular complexity index is 882. The van der Waals surface area contributed by atoms with Crippen molar-refractivity contribution in [3.63, 3.8) is 0 Å². The van der Waals surface area contributed by atoms with Crippen molar-refractivity contribution in [3.8, 4) is 16.9 Å². The predicted molar refractivity (Wildman–Crippen MR) is 117 cm³/mol. The molecular weight excluding hydrogens is 469 g/mol. The molecule has 0 aromatic heterocycles. The third kappa shape index (κ3) is 4.41. The molecule has 2 aromatic rings. The number of rotatable bonds is 6. The van der Waals surface area contributed by atoms with Gasteiger partial charge in [-0.15, -0.1) is 0 Å². The highest BCUT2D eigenvalue weighted by atomic mass is 127. The monoisotopic (exact) mass is 503 g/mol. The molecule has 3 aliphatic carbocycles. The smallest absolute Gasteiger partial charge is 0.126 e. The molecular formula is C26H34INO. The van der Waals surface area contributed by atoms with Crippen molar-refractivity contribution in [2.24, 2.45) is 17.3 Å². The number of benzene rings is 2. The maximum Gasteiger partial charge on any atom is 0.126 e. The zero-order valence-electron chi connectivity index (χ0n) is 18.4. The molecule has 2 nitrogen and oxygen atoms in total. The van der Waals surface area contributed by atoms with Gasteiger partial charge in [0.05, 0.1) is 21.2 Å². The molecule has 3 heteroatoms. The zero-order chi connectivity index (χ0) is 19.9. The third-order valence-electron chi connectivity index (χ3n) is 7.18. The van der Waals surface area contributed by atoms with Crippen LogP contribution in [0.3, 0.4) is 0 Å². The number of halogens is 1. The Morgan fingerprint density at radius 3 is 2.31 bits per heavy atom. The molecule has 156 valence electrons. The molecule has 0 N–H and O–H groups in total. The predicted octanol–water partition coefficient (Wildman–Crippen LogP) is 2.94. The van der Waals surface area contributed by atoms with Crippen molar-refractivity contribution in [3.05, 3.63) is 65.7 Å². The molecule has 3 aliphatic rings. The molecule has 5 rings (SSSR count). The molecule has 2 aromatic carbocycles. The van der Waals surface area contributed by atoms with Crippen LogP contribution in [0.1, 0.15) is 32.3 Å². The normalized spacial score (nSPS) is 22.2. The highest BCUT2D eigenvalue weighted by Crippen LogP contribution is 2.59. The standard InChI is InChI=1S/C26H34NO.HI/c1-26(2)22-15-14-21(24(26)16-22)18-27(3,4)17-19-10-12-20(13-11-19)23-8-6-7-9-25(23)28-5;/h6-14,22,24H,15-18H2,1-5H3;1H/q+1;/p-1/t22-,24-;/m0./s1. The number of hydrogen-bond donors (Lipinski definition) is 0. The van der Waals surface area contributed by atoms with Crippen molar-refractivity contribution in [2.75, 3.05) is 27.7 Å². The fourth-order valence-electron chi connectivity index (χ4n) is 5.37. The van der Waals surface area contributed by atoms with Crippen molar-refractivity contribution in [1.82, 2.24) is 0 Å². The maximum absolute atomic E-state index is 5.52. The summed E-state index contributed by atoms with van der Waals surface area (Å²) in [4.78, 5) is 0. The first-order chi connectivity index (χ1) is 13.3. The van der Waals surface area contributed by atoms with Crippen LogP contribution in [0.5, 0.6) is 5.75 Å². The second-order valence-electron chi connectivity index (χ2n) is 9.97. The molecule has 2 atom stereocenters. The second kappa shape index (κ2) is 8.43. The van der Waals surface area contributed by atoms with Gasteiger partial charge in [0.25, 0.3) is 0 Å². The Balaban J connectivity index is 0.00000240. The minimum Gasteiger partial charge on any atom is -1.00 e. The van der Waals surface area contributed by atoms with Crippen LogP contribution in [0, 0.1) is 17.3 Å². The van der Waals surface area contributed by atoms with E-state index in [1.54, 1.807) is 12.7 Å².